The second kappa shape index (κ2) is 10.8. The zero-order valence-electron chi connectivity index (χ0n) is 21.9. The van der Waals surface area contributed by atoms with Crippen LogP contribution in [0.3, 0.4) is 0 Å². The first-order valence-electron chi connectivity index (χ1n) is 13.7. The monoisotopic (exact) mass is 556 g/mol. The van der Waals surface area contributed by atoms with Crippen molar-refractivity contribution in [3.8, 4) is 28.4 Å². The number of benzene rings is 1. The molecule has 0 bridgehead atoms. The lowest BCUT2D eigenvalue weighted by Gasteiger charge is -2.39. The van der Waals surface area contributed by atoms with E-state index in [1.807, 2.05) is 9.47 Å². The van der Waals surface area contributed by atoms with Gasteiger partial charge >= 0.3 is 6.36 Å². The number of amides is 1. The lowest BCUT2D eigenvalue weighted by Crippen LogP contribution is -2.49. The van der Waals surface area contributed by atoms with Crippen molar-refractivity contribution in [2.24, 2.45) is 0 Å². The van der Waals surface area contributed by atoms with Crippen LogP contribution in [-0.4, -0.2) is 85.0 Å². The molecule has 3 aromatic rings. The highest BCUT2D eigenvalue weighted by Crippen LogP contribution is 2.43. The van der Waals surface area contributed by atoms with Crippen LogP contribution in [0.2, 0.25) is 0 Å². The SMILES string of the molecule is O=C(c1c(-c2cncnc2)nc(-c2ccc(OC(F)(F)F)cc2)n1C1CC1)N1CCC(N2CCCC2CO)CC1. The van der Waals surface area contributed by atoms with Crippen LogP contribution < -0.4 is 4.74 Å². The van der Waals surface area contributed by atoms with E-state index in [1.165, 1.54) is 30.6 Å². The molecule has 0 spiro atoms. The molecule has 1 saturated carbocycles. The number of alkyl halides is 3. The van der Waals surface area contributed by atoms with Crippen molar-refractivity contribution in [3.05, 3.63) is 48.7 Å². The number of carbonyl (C=O) groups excluding carboxylic acids is 1. The molecule has 2 aromatic heterocycles. The van der Waals surface area contributed by atoms with Gasteiger partial charge in [0.15, 0.2) is 0 Å². The fourth-order valence-corrected chi connectivity index (χ4v) is 6.04. The summed E-state index contributed by atoms with van der Waals surface area (Å²) >= 11 is 0. The summed E-state index contributed by atoms with van der Waals surface area (Å²) in [5, 5.41) is 9.76. The van der Waals surface area contributed by atoms with Crippen molar-refractivity contribution in [1.82, 2.24) is 29.3 Å². The van der Waals surface area contributed by atoms with Gasteiger partial charge in [-0.15, -0.1) is 13.2 Å². The molecule has 6 rings (SSSR count). The van der Waals surface area contributed by atoms with Crippen LogP contribution >= 0.6 is 0 Å². The summed E-state index contributed by atoms with van der Waals surface area (Å²) in [6.45, 7) is 2.33. The Morgan fingerprint density at radius 2 is 1.65 bits per heavy atom. The third-order valence-electron chi connectivity index (χ3n) is 8.06. The summed E-state index contributed by atoms with van der Waals surface area (Å²) in [7, 11) is 0. The number of aliphatic hydroxyl groups excluding tert-OH is 1. The van der Waals surface area contributed by atoms with Crippen LogP contribution in [-0.2, 0) is 0 Å². The zero-order chi connectivity index (χ0) is 27.9. The molecule has 0 radical (unpaired) electrons. The summed E-state index contributed by atoms with van der Waals surface area (Å²) in [5.74, 6) is 0.0687. The van der Waals surface area contributed by atoms with Crippen LogP contribution in [0.4, 0.5) is 13.2 Å². The number of imidazole rings is 1. The van der Waals surface area contributed by atoms with Crippen LogP contribution in [0.25, 0.3) is 22.6 Å². The van der Waals surface area contributed by atoms with Gasteiger partial charge < -0.3 is 19.3 Å². The molecular weight excluding hydrogens is 525 g/mol. The van der Waals surface area contributed by atoms with Gasteiger partial charge in [-0.25, -0.2) is 15.0 Å². The first-order chi connectivity index (χ1) is 19.3. The Balaban J connectivity index is 1.33. The Kier molecular flexibility index (Phi) is 7.22. The Morgan fingerprint density at radius 1 is 0.950 bits per heavy atom. The van der Waals surface area contributed by atoms with Crippen molar-refractivity contribution >= 4 is 5.91 Å². The summed E-state index contributed by atoms with van der Waals surface area (Å²) < 4.78 is 44.1. The number of rotatable bonds is 7. The third kappa shape index (κ3) is 5.42. The Labute approximate surface area is 229 Å². The summed E-state index contributed by atoms with van der Waals surface area (Å²) in [6.07, 6.45) is 5.36. The molecule has 2 aliphatic heterocycles. The molecule has 2 saturated heterocycles. The quantitative estimate of drug-likeness (QED) is 0.464. The molecule has 12 heteroatoms. The maximum atomic E-state index is 14.2. The van der Waals surface area contributed by atoms with Crippen LogP contribution in [0.15, 0.2) is 43.0 Å². The number of aliphatic hydroxyl groups is 1. The number of hydrogen-bond donors (Lipinski definition) is 1. The van der Waals surface area contributed by atoms with Gasteiger partial charge in [-0.3, -0.25) is 9.69 Å². The molecule has 1 aliphatic carbocycles. The Morgan fingerprint density at radius 3 is 2.27 bits per heavy atom. The Bertz CT molecular complexity index is 1340. The number of nitrogens with zero attached hydrogens (tertiary/aromatic N) is 6. The molecule has 1 aromatic carbocycles. The molecule has 212 valence electrons. The molecule has 1 amide bonds. The van der Waals surface area contributed by atoms with E-state index in [1.54, 1.807) is 12.4 Å². The highest BCUT2D eigenvalue weighted by molar-refractivity contribution is 5.99. The summed E-state index contributed by atoms with van der Waals surface area (Å²) in [4.78, 5) is 31.6. The van der Waals surface area contributed by atoms with Gasteiger partial charge in [0.1, 0.15) is 29.3 Å². The third-order valence-corrected chi connectivity index (χ3v) is 8.06. The molecule has 1 N–H and O–H groups in total. The maximum absolute atomic E-state index is 14.2. The van der Waals surface area contributed by atoms with E-state index in [-0.39, 0.29) is 30.3 Å². The second-order valence-electron chi connectivity index (χ2n) is 10.7. The summed E-state index contributed by atoms with van der Waals surface area (Å²) in [6, 6.07) is 6.17. The van der Waals surface area contributed by atoms with Gasteiger partial charge in [0.05, 0.1) is 6.61 Å². The summed E-state index contributed by atoms with van der Waals surface area (Å²) in [5.41, 5.74) is 2.10. The lowest BCUT2D eigenvalue weighted by atomic mass is 10.0. The molecule has 9 nitrogen and oxygen atoms in total. The van der Waals surface area contributed by atoms with Crippen LogP contribution in [0, 0.1) is 0 Å². The number of piperidine rings is 1. The van der Waals surface area contributed by atoms with Crippen molar-refractivity contribution in [1.29, 1.82) is 0 Å². The lowest BCUT2D eigenvalue weighted by molar-refractivity contribution is -0.274. The second-order valence-corrected chi connectivity index (χ2v) is 10.7. The van der Waals surface area contributed by atoms with E-state index in [0.717, 1.165) is 45.1 Å². The van der Waals surface area contributed by atoms with Gasteiger partial charge in [-0.05, 0) is 69.3 Å². The molecular formula is C28H31F3N6O3. The van der Waals surface area contributed by atoms with E-state index in [2.05, 4.69) is 19.6 Å². The van der Waals surface area contributed by atoms with Gasteiger partial charge in [-0.2, -0.15) is 0 Å². The average Bonchev–Trinajstić information content (AvgIpc) is 3.54. The van der Waals surface area contributed by atoms with Gasteiger partial charge in [0, 0.05) is 54.7 Å². The van der Waals surface area contributed by atoms with E-state index in [9.17, 15) is 23.1 Å². The molecule has 40 heavy (non-hydrogen) atoms. The minimum Gasteiger partial charge on any atom is -0.406 e. The molecule has 3 aliphatic rings. The zero-order valence-corrected chi connectivity index (χ0v) is 21.9. The number of hydrogen-bond acceptors (Lipinski definition) is 7. The minimum atomic E-state index is -4.78. The van der Waals surface area contributed by atoms with Crippen molar-refractivity contribution in [3.63, 3.8) is 0 Å². The molecule has 3 fully saturated rings. The molecule has 1 atom stereocenters. The fraction of sp³-hybridized carbons (Fsp3) is 0.500. The fourth-order valence-electron chi connectivity index (χ4n) is 6.04. The van der Waals surface area contributed by atoms with Crippen molar-refractivity contribution in [2.75, 3.05) is 26.2 Å². The van der Waals surface area contributed by atoms with Crippen LogP contribution in [0.1, 0.15) is 55.1 Å². The predicted octanol–water partition coefficient (Wildman–Crippen LogP) is 4.30. The molecule has 4 heterocycles. The number of carbonyl (C=O) groups is 1. The van der Waals surface area contributed by atoms with Gasteiger partial charge in [-0.1, -0.05) is 0 Å². The minimum absolute atomic E-state index is 0.0679. The number of likely N-dealkylation sites (tertiary alicyclic amines) is 2. The van der Waals surface area contributed by atoms with Gasteiger partial charge in [0.25, 0.3) is 5.91 Å². The van der Waals surface area contributed by atoms with Gasteiger partial charge in [0.2, 0.25) is 0 Å². The van der Waals surface area contributed by atoms with E-state index < -0.39 is 6.36 Å². The topological polar surface area (TPSA) is 96.6 Å². The first-order valence-corrected chi connectivity index (χ1v) is 13.7. The Hall–Kier alpha value is -3.51. The number of aromatic nitrogens is 4. The standard InChI is InChI=1S/C28H31F3N6O3/c29-28(30,31)40-23-7-3-18(4-8-23)26-34-24(19-14-32-17-33-15-19)25(37(26)21-5-6-21)27(39)35-12-9-20(10-13-35)36-11-1-2-22(36)16-38/h3-4,7-8,14-15,17,20-22,38H,1-2,5-6,9-13,16H2. The highest BCUT2D eigenvalue weighted by atomic mass is 19.4. The predicted molar refractivity (Wildman–Crippen MR) is 139 cm³/mol. The van der Waals surface area contributed by atoms with Crippen molar-refractivity contribution in [2.45, 2.75) is 63.0 Å². The first kappa shape index (κ1) is 26.7. The van der Waals surface area contributed by atoms with Crippen LogP contribution in [0.5, 0.6) is 5.75 Å². The normalized spacial score (nSPS) is 20.7. The number of ether oxygens (including phenoxy) is 1. The van der Waals surface area contributed by atoms with E-state index >= 15 is 0 Å². The molecule has 1 unspecified atom stereocenters. The smallest absolute Gasteiger partial charge is 0.406 e. The van der Waals surface area contributed by atoms with Crippen molar-refractivity contribution < 1.29 is 27.8 Å². The average molecular weight is 557 g/mol. The van der Waals surface area contributed by atoms with E-state index in [4.69, 9.17) is 4.98 Å². The maximum Gasteiger partial charge on any atom is 0.573 e. The van der Waals surface area contributed by atoms with E-state index in [0.29, 0.717) is 47.5 Å². The number of halogens is 3. The highest BCUT2D eigenvalue weighted by Gasteiger charge is 2.38. The largest absolute Gasteiger partial charge is 0.573 e.